The molecule has 1 heterocycles. The molecule has 1 unspecified atom stereocenters. The molecule has 0 saturated heterocycles. The Kier molecular flexibility index (Phi) is 5.24. The van der Waals surface area contributed by atoms with Gasteiger partial charge in [-0.25, -0.2) is 0 Å². The lowest BCUT2D eigenvalue weighted by molar-refractivity contribution is 0.425. The van der Waals surface area contributed by atoms with Gasteiger partial charge in [-0.15, -0.1) is 0 Å². The fraction of sp³-hybridized carbons (Fsp3) is 0.385. The van der Waals surface area contributed by atoms with Crippen molar-refractivity contribution in [2.75, 3.05) is 12.3 Å². The monoisotopic (exact) mass is 297 g/mol. The fourth-order valence-corrected chi connectivity index (χ4v) is 2.65. The lowest BCUT2D eigenvalue weighted by Gasteiger charge is -2.05. The predicted octanol–water partition coefficient (Wildman–Crippen LogP) is 3.22. The molecule has 0 aliphatic rings. The third kappa shape index (κ3) is 3.96. The molecule has 0 spiro atoms. The van der Waals surface area contributed by atoms with E-state index in [2.05, 4.69) is 17.1 Å². The maximum atomic E-state index is 6.09. The molecule has 0 fully saturated rings. The molecule has 0 aliphatic carbocycles. The van der Waals surface area contributed by atoms with E-state index in [1.807, 2.05) is 18.2 Å². The SMILES string of the molecule is CC(CN)CSCc1noc(-c2ccccc2Cl)n1. The molecule has 0 bridgehead atoms. The molecule has 1 atom stereocenters. The molecule has 6 heteroatoms. The number of rotatable bonds is 6. The van der Waals surface area contributed by atoms with Crippen molar-refractivity contribution in [2.45, 2.75) is 12.7 Å². The molecule has 2 N–H and O–H groups in total. The van der Waals surface area contributed by atoms with Crippen LogP contribution in [-0.2, 0) is 5.75 Å². The van der Waals surface area contributed by atoms with Crippen molar-refractivity contribution >= 4 is 23.4 Å². The second-order valence-electron chi connectivity index (χ2n) is 4.35. The summed E-state index contributed by atoms with van der Waals surface area (Å²) < 4.78 is 5.23. The van der Waals surface area contributed by atoms with Gasteiger partial charge in [-0.2, -0.15) is 16.7 Å². The summed E-state index contributed by atoms with van der Waals surface area (Å²) >= 11 is 7.84. The van der Waals surface area contributed by atoms with Gasteiger partial charge in [0, 0.05) is 0 Å². The minimum Gasteiger partial charge on any atom is -0.334 e. The van der Waals surface area contributed by atoms with E-state index in [9.17, 15) is 0 Å². The molecule has 102 valence electrons. The smallest absolute Gasteiger partial charge is 0.259 e. The second-order valence-corrected chi connectivity index (χ2v) is 5.79. The molecule has 4 nitrogen and oxygen atoms in total. The average molecular weight is 298 g/mol. The Bertz CT molecular complexity index is 532. The highest BCUT2D eigenvalue weighted by molar-refractivity contribution is 7.98. The van der Waals surface area contributed by atoms with Crippen LogP contribution in [0.15, 0.2) is 28.8 Å². The highest BCUT2D eigenvalue weighted by Crippen LogP contribution is 2.26. The summed E-state index contributed by atoms with van der Waals surface area (Å²) in [4.78, 5) is 4.35. The standard InChI is InChI=1S/C13H16ClN3OS/c1-9(6-15)7-19-8-12-16-13(18-17-12)10-4-2-3-5-11(10)14/h2-5,9H,6-8,15H2,1H3. The highest BCUT2D eigenvalue weighted by Gasteiger charge is 2.11. The summed E-state index contributed by atoms with van der Waals surface area (Å²) in [6.07, 6.45) is 0. The zero-order valence-electron chi connectivity index (χ0n) is 10.7. The van der Waals surface area contributed by atoms with E-state index in [1.54, 1.807) is 17.8 Å². The first-order chi connectivity index (χ1) is 9.20. The summed E-state index contributed by atoms with van der Waals surface area (Å²) in [6, 6.07) is 7.43. The van der Waals surface area contributed by atoms with Gasteiger partial charge in [0.1, 0.15) is 0 Å². The van der Waals surface area contributed by atoms with Crippen LogP contribution in [0.3, 0.4) is 0 Å². The van der Waals surface area contributed by atoms with E-state index in [-0.39, 0.29) is 0 Å². The van der Waals surface area contributed by atoms with Crippen LogP contribution < -0.4 is 5.73 Å². The van der Waals surface area contributed by atoms with Crippen LogP contribution >= 0.6 is 23.4 Å². The zero-order valence-corrected chi connectivity index (χ0v) is 12.2. The summed E-state index contributed by atoms with van der Waals surface area (Å²) in [7, 11) is 0. The van der Waals surface area contributed by atoms with E-state index in [1.165, 1.54) is 0 Å². The van der Waals surface area contributed by atoms with Crippen LogP contribution in [0, 0.1) is 5.92 Å². The number of benzene rings is 1. The van der Waals surface area contributed by atoms with E-state index in [0.717, 1.165) is 17.1 Å². The first-order valence-corrected chi connectivity index (χ1v) is 7.59. The number of nitrogens with zero attached hydrogens (tertiary/aromatic N) is 2. The molecular weight excluding hydrogens is 282 g/mol. The van der Waals surface area contributed by atoms with E-state index in [0.29, 0.717) is 29.2 Å². The van der Waals surface area contributed by atoms with Crippen molar-refractivity contribution < 1.29 is 4.52 Å². The van der Waals surface area contributed by atoms with Crippen molar-refractivity contribution in [3.05, 3.63) is 35.1 Å². The predicted molar refractivity (Wildman–Crippen MR) is 79.1 cm³/mol. The van der Waals surface area contributed by atoms with Gasteiger partial charge in [-0.05, 0) is 30.3 Å². The van der Waals surface area contributed by atoms with Gasteiger partial charge in [-0.3, -0.25) is 0 Å². The lowest BCUT2D eigenvalue weighted by Crippen LogP contribution is -2.12. The normalized spacial score (nSPS) is 12.6. The largest absolute Gasteiger partial charge is 0.334 e. The molecule has 2 rings (SSSR count). The summed E-state index contributed by atoms with van der Waals surface area (Å²) in [6.45, 7) is 2.82. The van der Waals surface area contributed by atoms with Crippen LogP contribution in [0.4, 0.5) is 0 Å². The maximum Gasteiger partial charge on any atom is 0.259 e. The molecule has 0 aliphatic heterocycles. The topological polar surface area (TPSA) is 64.9 Å². The van der Waals surface area contributed by atoms with Crippen LogP contribution in [-0.4, -0.2) is 22.4 Å². The molecule has 0 saturated carbocycles. The zero-order chi connectivity index (χ0) is 13.7. The van der Waals surface area contributed by atoms with Crippen molar-refractivity contribution in [3.8, 4) is 11.5 Å². The molecule has 2 aromatic rings. The second kappa shape index (κ2) is 6.93. The third-order valence-corrected chi connectivity index (χ3v) is 4.20. The Morgan fingerprint density at radius 2 is 2.21 bits per heavy atom. The van der Waals surface area contributed by atoms with Gasteiger partial charge >= 0.3 is 0 Å². The summed E-state index contributed by atoms with van der Waals surface area (Å²) in [5.41, 5.74) is 6.34. The number of nitrogens with two attached hydrogens (primary N) is 1. The Morgan fingerprint density at radius 3 is 2.95 bits per heavy atom. The highest BCUT2D eigenvalue weighted by atomic mass is 35.5. The minimum absolute atomic E-state index is 0.466. The molecule has 1 aromatic heterocycles. The van der Waals surface area contributed by atoms with Crippen molar-refractivity contribution in [2.24, 2.45) is 11.7 Å². The molecular formula is C13H16ClN3OS. The van der Waals surface area contributed by atoms with E-state index < -0.39 is 0 Å². The van der Waals surface area contributed by atoms with Gasteiger partial charge in [0.25, 0.3) is 5.89 Å². The van der Waals surface area contributed by atoms with Crippen LogP contribution in [0.2, 0.25) is 5.02 Å². The van der Waals surface area contributed by atoms with Crippen LogP contribution in [0.1, 0.15) is 12.7 Å². The first-order valence-electron chi connectivity index (χ1n) is 6.06. The van der Waals surface area contributed by atoms with Gasteiger partial charge in [0.2, 0.25) is 0 Å². The van der Waals surface area contributed by atoms with E-state index >= 15 is 0 Å². The number of halogens is 1. The van der Waals surface area contributed by atoms with Gasteiger partial charge in [0.15, 0.2) is 5.82 Å². The number of thioether (sulfide) groups is 1. The summed E-state index contributed by atoms with van der Waals surface area (Å²) in [5.74, 6) is 3.36. The maximum absolute atomic E-state index is 6.09. The van der Waals surface area contributed by atoms with Gasteiger partial charge < -0.3 is 10.3 Å². The Morgan fingerprint density at radius 1 is 1.42 bits per heavy atom. The molecule has 0 amide bonds. The number of hydrogen-bond donors (Lipinski definition) is 1. The van der Waals surface area contributed by atoms with Crippen LogP contribution in [0.5, 0.6) is 0 Å². The molecule has 1 aromatic carbocycles. The van der Waals surface area contributed by atoms with Crippen molar-refractivity contribution in [1.82, 2.24) is 10.1 Å². The van der Waals surface area contributed by atoms with Gasteiger partial charge in [0.05, 0.1) is 16.3 Å². The van der Waals surface area contributed by atoms with Gasteiger partial charge in [-0.1, -0.05) is 35.8 Å². The third-order valence-electron chi connectivity index (χ3n) is 2.61. The molecule has 19 heavy (non-hydrogen) atoms. The number of hydrogen-bond acceptors (Lipinski definition) is 5. The number of aromatic nitrogens is 2. The first kappa shape index (κ1) is 14.4. The fourth-order valence-electron chi connectivity index (χ4n) is 1.48. The summed E-state index contributed by atoms with van der Waals surface area (Å²) in [5, 5.41) is 4.57. The van der Waals surface area contributed by atoms with Crippen molar-refractivity contribution in [1.29, 1.82) is 0 Å². The Labute approximate surface area is 121 Å². The Hall–Kier alpha value is -1.04. The molecule has 0 radical (unpaired) electrons. The van der Waals surface area contributed by atoms with Crippen molar-refractivity contribution in [3.63, 3.8) is 0 Å². The van der Waals surface area contributed by atoms with Crippen LogP contribution in [0.25, 0.3) is 11.5 Å². The Balaban J connectivity index is 1.98. The quantitative estimate of drug-likeness (QED) is 0.887. The lowest BCUT2D eigenvalue weighted by atomic mass is 10.2. The average Bonchev–Trinajstić information content (AvgIpc) is 2.87. The minimum atomic E-state index is 0.466. The van der Waals surface area contributed by atoms with E-state index in [4.69, 9.17) is 21.9 Å².